The highest BCUT2D eigenvalue weighted by Crippen LogP contribution is 2.32. The fourth-order valence-corrected chi connectivity index (χ4v) is 4.05. The Bertz CT molecular complexity index is 738. The van der Waals surface area contributed by atoms with Crippen LogP contribution in [0.25, 0.3) is 0 Å². The fraction of sp³-hybridized carbons (Fsp3) is 0.722. The van der Waals surface area contributed by atoms with Crippen LogP contribution in [0.2, 0.25) is 0 Å². The lowest BCUT2D eigenvalue weighted by molar-refractivity contribution is -0.121. The zero-order valence-electron chi connectivity index (χ0n) is 15.9. The van der Waals surface area contributed by atoms with Gasteiger partial charge in [-0.25, -0.2) is 4.79 Å². The fourth-order valence-electron chi connectivity index (χ4n) is 4.05. The minimum atomic E-state index is -0.537. The maximum atomic E-state index is 12.8. The Labute approximate surface area is 153 Å². The van der Waals surface area contributed by atoms with E-state index in [1.807, 2.05) is 37.3 Å². The van der Waals surface area contributed by atoms with Crippen molar-refractivity contribution in [2.45, 2.75) is 77.4 Å². The van der Waals surface area contributed by atoms with Crippen LogP contribution in [-0.4, -0.2) is 57.0 Å². The SMILES string of the molecule is C[C@H]1Cn2ncc(N3CC4CCC(N4)C3=O)c2CN1C(=O)OC(C)(C)C. The highest BCUT2D eigenvalue weighted by molar-refractivity contribution is 5.99. The quantitative estimate of drug-likeness (QED) is 0.820. The number of anilines is 1. The summed E-state index contributed by atoms with van der Waals surface area (Å²) in [5, 5.41) is 7.85. The standard InChI is InChI=1S/C18H27N5O3/c1-11-8-23-15(10-21(11)17(25)26-18(2,3)4)14(7-19-23)22-9-12-5-6-13(20-12)16(22)24/h7,11-13,20H,5-6,8-10H2,1-4H3/t11-,12?,13?/m0/s1. The molecule has 3 aliphatic heterocycles. The average Bonchev–Trinajstić information content (AvgIpc) is 3.12. The number of nitrogens with zero attached hydrogens (tertiary/aromatic N) is 4. The van der Waals surface area contributed by atoms with Crippen LogP contribution in [0.1, 0.15) is 46.2 Å². The van der Waals surface area contributed by atoms with Gasteiger partial charge in [0.15, 0.2) is 0 Å². The summed E-state index contributed by atoms with van der Waals surface area (Å²) in [7, 11) is 0. The van der Waals surface area contributed by atoms with Gasteiger partial charge >= 0.3 is 6.09 Å². The molecule has 8 nitrogen and oxygen atoms in total. The van der Waals surface area contributed by atoms with Gasteiger partial charge in [0.05, 0.1) is 42.8 Å². The van der Waals surface area contributed by atoms with Crippen molar-refractivity contribution >= 4 is 17.7 Å². The third kappa shape index (κ3) is 2.96. The number of fused-ring (bicyclic) bond motifs is 3. The van der Waals surface area contributed by atoms with Crippen molar-refractivity contribution in [2.24, 2.45) is 0 Å². The molecule has 1 aromatic rings. The Morgan fingerprint density at radius 1 is 1.31 bits per heavy atom. The minimum Gasteiger partial charge on any atom is -0.444 e. The summed E-state index contributed by atoms with van der Waals surface area (Å²) in [5.41, 5.74) is 1.20. The van der Waals surface area contributed by atoms with Gasteiger partial charge in [0.25, 0.3) is 0 Å². The van der Waals surface area contributed by atoms with Crippen molar-refractivity contribution in [3.63, 3.8) is 0 Å². The summed E-state index contributed by atoms with van der Waals surface area (Å²) in [6.07, 6.45) is 3.36. The zero-order chi connectivity index (χ0) is 18.6. The molecule has 8 heteroatoms. The maximum absolute atomic E-state index is 12.8. The number of aromatic nitrogens is 2. The van der Waals surface area contributed by atoms with Gasteiger partial charge in [-0.05, 0) is 40.5 Å². The molecule has 26 heavy (non-hydrogen) atoms. The van der Waals surface area contributed by atoms with Gasteiger partial charge in [-0.3, -0.25) is 14.4 Å². The molecule has 2 saturated heterocycles. The molecule has 0 saturated carbocycles. The van der Waals surface area contributed by atoms with Crippen molar-refractivity contribution in [3.05, 3.63) is 11.9 Å². The number of amides is 2. The largest absolute Gasteiger partial charge is 0.444 e. The van der Waals surface area contributed by atoms with Crippen molar-refractivity contribution < 1.29 is 14.3 Å². The van der Waals surface area contributed by atoms with Crippen LogP contribution in [0, 0.1) is 0 Å². The molecule has 1 N–H and O–H groups in total. The van der Waals surface area contributed by atoms with Crippen LogP contribution in [0.3, 0.4) is 0 Å². The monoisotopic (exact) mass is 361 g/mol. The molecular formula is C18H27N5O3. The molecule has 2 unspecified atom stereocenters. The minimum absolute atomic E-state index is 0.0139. The van der Waals surface area contributed by atoms with Crippen molar-refractivity contribution in [1.82, 2.24) is 20.0 Å². The summed E-state index contributed by atoms with van der Waals surface area (Å²) < 4.78 is 7.47. The molecule has 2 fully saturated rings. The van der Waals surface area contributed by atoms with Crippen molar-refractivity contribution in [3.8, 4) is 0 Å². The second-order valence-corrected chi connectivity index (χ2v) is 8.56. The van der Waals surface area contributed by atoms with Crippen LogP contribution in [0.4, 0.5) is 10.5 Å². The predicted molar refractivity (Wildman–Crippen MR) is 95.8 cm³/mol. The second-order valence-electron chi connectivity index (χ2n) is 8.56. The van der Waals surface area contributed by atoms with Gasteiger partial charge in [-0.15, -0.1) is 0 Å². The van der Waals surface area contributed by atoms with E-state index in [4.69, 9.17) is 4.74 Å². The maximum Gasteiger partial charge on any atom is 0.410 e. The van der Waals surface area contributed by atoms with Crippen LogP contribution < -0.4 is 10.2 Å². The number of ether oxygens (including phenoxy) is 1. The molecular weight excluding hydrogens is 334 g/mol. The molecule has 0 aromatic carbocycles. The summed E-state index contributed by atoms with van der Waals surface area (Å²) >= 11 is 0. The number of hydrogen-bond acceptors (Lipinski definition) is 5. The predicted octanol–water partition coefficient (Wildman–Crippen LogP) is 1.49. The Morgan fingerprint density at radius 3 is 2.81 bits per heavy atom. The van der Waals surface area contributed by atoms with Crippen LogP contribution in [0.5, 0.6) is 0 Å². The highest BCUT2D eigenvalue weighted by Gasteiger charge is 2.41. The molecule has 0 aliphatic carbocycles. The third-order valence-electron chi connectivity index (χ3n) is 5.34. The van der Waals surface area contributed by atoms with E-state index in [2.05, 4.69) is 10.4 Å². The number of piperazine rings is 1. The van der Waals surface area contributed by atoms with E-state index in [-0.39, 0.29) is 24.1 Å². The third-order valence-corrected chi connectivity index (χ3v) is 5.34. The number of rotatable bonds is 1. The van der Waals surface area contributed by atoms with Crippen LogP contribution in [0.15, 0.2) is 6.20 Å². The summed E-state index contributed by atoms with van der Waals surface area (Å²) in [4.78, 5) is 28.9. The Morgan fingerprint density at radius 2 is 2.08 bits per heavy atom. The van der Waals surface area contributed by atoms with E-state index in [1.165, 1.54) is 0 Å². The van der Waals surface area contributed by atoms with Gasteiger partial charge in [0.2, 0.25) is 5.91 Å². The zero-order valence-corrected chi connectivity index (χ0v) is 15.9. The van der Waals surface area contributed by atoms with E-state index >= 15 is 0 Å². The first-order valence-corrected chi connectivity index (χ1v) is 9.34. The first-order valence-electron chi connectivity index (χ1n) is 9.34. The topological polar surface area (TPSA) is 79.7 Å². The summed E-state index contributed by atoms with van der Waals surface area (Å²) in [5.74, 6) is 0.108. The van der Waals surface area contributed by atoms with E-state index in [9.17, 15) is 9.59 Å². The Balaban J connectivity index is 1.59. The van der Waals surface area contributed by atoms with Crippen molar-refractivity contribution in [1.29, 1.82) is 0 Å². The normalized spacial score (nSPS) is 28.3. The molecule has 2 amide bonds. The average molecular weight is 361 g/mol. The van der Waals surface area contributed by atoms with Gasteiger partial charge < -0.3 is 15.0 Å². The first kappa shape index (κ1) is 17.3. The molecule has 1 aromatic heterocycles. The number of hydrogen-bond donors (Lipinski definition) is 1. The second kappa shape index (κ2) is 5.97. The molecule has 142 valence electrons. The molecule has 4 heterocycles. The number of nitrogens with one attached hydrogen (secondary N) is 1. The van der Waals surface area contributed by atoms with Gasteiger partial charge in [0.1, 0.15) is 5.60 Å². The Kier molecular flexibility index (Phi) is 3.98. The summed E-state index contributed by atoms with van der Waals surface area (Å²) in [6.45, 7) is 9.25. The van der Waals surface area contributed by atoms with E-state index in [0.29, 0.717) is 25.7 Å². The molecule has 0 radical (unpaired) electrons. The van der Waals surface area contributed by atoms with Gasteiger partial charge in [0, 0.05) is 12.6 Å². The Hall–Kier alpha value is -2.09. The first-order chi connectivity index (χ1) is 12.2. The van der Waals surface area contributed by atoms with E-state index in [1.54, 1.807) is 11.1 Å². The lowest BCUT2D eigenvalue weighted by Crippen LogP contribution is -2.55. The molecule has 3 atom stereocenters. The lowest BCUT2D eigenvalue weighted by Gasteiger charge is -2.37. The molecule has 4 rings (SSSR count). The highest BCUT2D eigenvalue weighted by atomic mass is 16.6. The van der Waals surface area contributed by atoms with Gasteiger partial charge in [-0.2, -0.15) is 5.10 Å². The lowest BCUT2D eigenvalue weighted by atomic mass is 10.1. The smallest absolute Gasteiger partial charge is 0.410 e. The van der Waals surface area contributed by atoms with E-state index < -0.39 is 5.60 Å². The van der Waals surface area contributed by atoms with Crippen molar-refractivity contribution in [2.75, 3.05) is 11.4 Å². The van der Waals surface area contributed by atoms with Gasteiger partial charge in [-0.1, -0.05) is 0 Å². The number of carbonyl (C=O) groups excluding carboxylic acids is 2. The summed E-state index contributed by atoms with van der Waals surface area (Å²) in [6, 6.07) is 0.242. The van der Waals surface area contributed by atoms with E-state index in [0.717, 1.165) is 24.2 Å². The molecule has 0 spiro atoms. The van der Waals surface area contributed by atoms with Crippen LogP contribution >= 0.6 is 0 Å². The van der Waals surface area contributed by atoms with Crippen LogP contribution in [-0.2, 0) is 22.6 Å². The molecule has 2 bridgehead atoms. The molecule has 3 aliphatic rings. The number of carbonyl (C=O) groups is 2.